The van der Waals surface area contributed by atoms with Crippen LogP contribution in [-0.4, -0.2) is 36.3 Å². The molecule has 25 heavy (non-hydrogen) atoms. The van der Waals surface area contributed by atoms with E-state index in [0.29, 0.717) is 13.1 Å². The molecule has 0 unspecified atom stereocenters. The predicted molar refractivity (Wildman–Crippen MR) is 100.0 cm³/mol. The maximum Gasteiger partial charge on any atom is 0.242 e. The van der Waals surface area contributed by atoms with E-state index in [2.05, 4.69) is 0 Å². The number of hydrogen-bond donors (Lipinski definition) is 1. The van der Waals surface area contributed by atoms with Crippen molar-refractivity contribution in [1.29, 1.82) is 0 Å². The molecule has 2 N–H and O–H groups in total. The fraction of sp³-hybridized carbons (Fsp3) is 0.300. The Morgan fingerprint density at radius 3 is 2.12 bits per heavy atom. The van der Waals surface area contributed by atoms with Gasteiger partial charge in [0, 0.05) is 31.7 Å². The largest absolute Gasteiger partial charge is 0.370 e. The van der Waals surface area contributed by atoms with Crippen LogP contribution in [0.5, 0.6) is 0 Å². The standard InChI is InChI=1S/C20H25N3O2/c1-2-22(18-11-7-4-8-12-18)16-20(25)23(14-13-19(21)24)15-17-9-5-3-6-10-17/h3-12H,2,13-16H2,1H3,(H2,21,24). The minimum absolute atomic E-state index is 0.0178. The minimum Gasteiger partial charge on any atom is -0.370 e. The maximum absolute atomic E-state index is 12.8. The Balaban J connectivity index is 2.09. The van der Waals surface area contributed by atoms with Gasteiger partial charge in [-0.25, -0.2) is 0 Å². The summed E-state index contributed by atoms with van der Waals surface area (Å²) in [5.41, 5.74) is 7.30. The van der Waals surface area contributed by atoms with Crippen molar-refractivity contribution in [3.05, 3.63) is 66.2 Å². The molecule has 5 heteroatoms. The number of amides is 2. The van der Waals surface area contributed by atoms with Crippen molar-refractivity contribution in [2.45, 2.75) is 19.9 Å². The number of carbonyl (C=O) groups excluding carboxylic acids is 2. The lowest BCUT2D eigenvalue weighted by Crippen LogP contribution is -2.41. The maximum atomic E-state index is 12.8. The number of para-hydroxylation sites is 1. The van der Waals surface area contributed by atoms with E-state index in [1.54, 1.807) is 4.90 Å². The van der Waals surface area contributed by atoms with Crippen molar-refractivity contribution in [3.63, 3.8) is 0 Å². The molecule has 0 radical (unpaired) electrons. The topological polar surface area (TPSA) is 66.6 Å². The van der Waals surface area contributed by atoms with Crippen LogP contribution >= 0.6 is 0 Å². The first-order valence-electron chi connectivity index (χ1n) is 8.50. The van der Waals surface area contributed by atoms with Gasteiger partial charge in [-0.3, -0.25) is 9.59 Å². The number of hydrogen-bond acceptors (Lipinski definition) is 3. The van der Waals surface area contributed by atoms with E-state index in [1.165, 1.54) is 0 Å². The second-order valence-corrected chi connectivity index (χ2v) is 5.87. The van der Waals surface area contributed by atoms with E-state index >= 15 is 0 Å². The van der Waals surface area contributed by atoms with Crippen LogP contribution in [0.2, 0.25) is 0 Å². The van der Waals surface area contributed by atoms with Gasteiger partial charge in [-0.2, -0.15) is 0 Å². The lowest BCUT2D eigenvalue weighted by Gasteiger charge is -2.28. The molecule has 132 valence electrons. The molecule has 2 amide bonds. The van der Waals surface area contributed by atoms with E-state index in [-0.39, 0.29) is 18.9 Å². The monoisotopic (exact) mass is 339 g/mol. The van der Waals surface area contributed by atoms with Gasteiger partial charge in [0.15, 0.2) is 0 Å². The van der Waals surface area contributed by atoms with E-state index in [9.17, 15) is 9.59 Å². The molecular weight excluding hydrogens is 314 g/mol. The first-order valence-corrected chi connectivity index (χ1v) is 8.50. The van der Waals surface area contributed by atoms with Crippen molar-refractivity contribution in [3.8, 4) is 0 Å². The van der Waals surface area contributed by atoms with Crippen molar-refractivity contribution < 1.29 is 9.59 Å². The molecule has 0 aliphatic heterocycles. The molecule has 0 spiro atoms. The second-order valence-electron chi connectivity index (χ2n) is 5.87. The van der Waals surface area contributed by atoms with Gasteiger partial charge >= 0.3 is 0 Å². The van der Waals surface area contributed by atoms with E-state index in [4.69, 9.17) is 5.73 Å². The highest BCUT2D eigenvalue weighted by atomic mass is 16.2. The van der Waals surface area contributed by atoms with Gasteiger partial charge in [0.1, 0.15) is 0 Å². The predicted octanol–water partition coefficient (Wildman–Crippen LogP) is 2.42. The molecule has 0 aliphatic rings. The summed E-state index contributed by atoms with van der Waals surface area (Å²) >= 11 is 0. The lowest BCUT2D eigenvalue weighted by atomic mass is 10.2. The minimum atomic E-state index is -0.402. The van der Waals surface area contributed by atoms with Crippen LogP contribution < -0.4 is 10.6 Å². The zero-order valence-corrected chi connectivity index (χ0v) is 14.6. The Kier molecular flexibility index (Phi) is 7.01. The van der Waals surface area contributed by atoms with E-state index in [0.717, 1.165) is 17.8 Å². The van der Waals surface area contributed by atoms with Crippen molar-refractivity contribution in [2.24, 2.45) is 5.73 Å². The smallest absolute Gasteiger partial charge is 0.242 e. The van der Waals surface area contributed by atoms with Crippen molar-refractivity contribution in [2.75, 3.05) is 24.5 Å². The number of benzene rings is 2. The Morgan fingerprint density at radius 2 is 1.56 bits per heavy atom. The Morgan fingerprint density at radius 1 is 0.960 bits per heavy atom. The van der Waals surface area contributed by atoms with Crippen molar-refractivity contribution in [1.82, 2.24) is 4.90 Å². The second kappa shape index (κ2) is 9.47. The van der Waals surface area contributed by atoms with Crippen LogP contribution in [0.25, 0.3) is 0 Å². The third kappa shape index (κ3) is 5.95. The number of nitrogens with two attached hydrogens (primary N) is 1. The summed E-state index contributed by atoms with van der Waals surface area (Å²) in [5.74, 6) is -0.419. The summed E-state index contributed by atoms with van der Waals surface area (Å²) in [6.07, 6.45) is 0.163. The summed E-state index contributed by atoms with van der Waals surface area (Å²) in [6.45, 7) is 3.82. The third-order valence-electron chi connectivity index (χ3n) is 4.03. The third-order valence-corrected chi connectivity index (χ3v) is 4.03. The molecule has 0 heterocycles. The van der Waals surface area contributed by atoms with Gasteiger partial charge in [-0.1, -0.05) is 48.5 Å². The molecule has 0 saturated heterocycles. The van der Waals surface area contributed by atoms with Gasteiger partial charge in [0.2, 0.25) is 11.8 Å². The molecule has 0 aromatic heterocycles. The van der Waals surface area contributed by atoms with Crippen LogP contribution in [0.1, 0.15) is 18.9 Å². The summed E-state index contributed by atoms with van der Waals surface area (Å²) in [7, 11) is 0. The molecule has 0 aliphatic carbocycles. The Hall–Kier alpha value is -2.82. The number of carbonyl (C=O) groups is 2. The molecule has 2 aromatic rings. The average molecular weight is 339 g/mol. The molecular formula is C20H25N3O2. The van der Waals surface area contributed by atoms with Crippen LogP contribution in [0.4, 0.5) is 5.69 Å². The Bertz CT molecular complexity index is 674. The van der Waals surface area contributed by atoms with E-state index < -0.39 is 5.91 Å². The van der Waals surface area contributed by atoms with Crippen LogP contribution in [0.3, 0.4) is 0 Å². The van der Waals surface area contributed by atoms with Gasteiger partial charge in [0.25, 0.3) is 0 Å². The van der Waals surface area contributed by atoms with Gasteiger partial charge in [0.05, 0.1) is 6.54 Å². The lowest BCUT2D eigenvalue weighted by molar-refractivity contribution is -0.130. The molecule has 2 rings (SSSR count). The van der Waals surface area contributed by atoms with Crippen LogP contribution in [0, 0.1) is 0 Å². The van der Waals surface area contributed by atoms with Crippen molar-refractivity contribution >= 4 is 17.5 Å². The molecule has 5 nitrogen and oxygen atoms in total. The van der Waals surface area contributed by atoms with Gasteiger partial charge in [-0.15, -0.1) is 0 Å². The first-order chi connectivity index (χ1) is 12.1. The van der Waals surface area contributed by atoms with E-state index in [1.807, 2.05) is 72.5 Å². The number of nitrogens with zero attached hydrogens (tertiary/aromatic N) is 2. The summed E-state index contributed by atoms with van der Waals surface area (Å²) in [5, 5.41) is 0. The highest BCUT2D eigenvalue weighted by molar-refractivity contribution is 5.82. The number of rotatable bonds is 9. The normalized spacial score (nSPS) is 10.3. The quantitative estimate of drug-likeness (QED) is 0.763. The SMILES string of the molecule is CCN(CC(=O)N(CCC(N)=O)Cc1ccccc1)c1ccccc1. The average Bonchev–Trinajstić information content (AvgIpc) is 2.64. The highest BCUT2D eigenvalue weighted by Crippen LogP contribution is 2.14. The molecule has 0 fully saturated rings. The fourth-order valence-corrected chi connectivity index (χ4v) is 2.63. The number of anilines is 1. The first kappa shape index (κ1) is 18.5. The van der Waals surface area contributed by atoms with Crippen LogP contribution in [0.15, 0.2) is 60.7 Å². The van der Waals surface area contributed by atoms with Gasteiger partial charge < -0.3 is 15.5 Å². The molecule has 0 atom stereocenters. The summed E-state index contributed by atoms with van der Waals surface area (Å²) < 4.78 is 0. The number of likely N-dealkylation sites (N-methyl/N-ethyl adjacent to an activating group) is 1. The fourth-order valence-electron chi connectivity index (χ4n) is 2.63. The Labute approximate surface area is 149 Å². The van der Waals surface area contributed by atoms with Gasteiger partial charge in [-0.05, 0) is 24.6 Å². The van der Waals surface area contributed by atoms with Crippen LogP contribution in [-0.2, 0) is 16.1 Å². The molecule has 0 saturated carbocycles. The number of primary amides is 1. The summed E-state index contributed by atoms with van der Waals surface area (Å²) in [4.78, 5) is 27.7. The zero-order valence-electron chi connectivity index (χ0n) is 14.6. The molecule has 2 aromatic carbocycles. The highest BCUT2D eigenvalue weighted by Gasteiger charge is 2.18. The molecule has 0 bridgehead atoms. The summed E-state index contributed by atoms with van der Waals surface area (Å²) in [6, 6.07) is 19.6. The zero-order chi connectivity index (χ0) is 18.1.